The number of aryl methyl sites for hydroxylation is 1. The van der Waals surface area contributed by atoms with Crippen LogP contribution in [0.5, 0.6) is 0 Å². The molecule has 4 rings (SSSR count). The summed E-state index contributed by atoms with van der Waals surface area (Å²) in [7, 11) is 0. The molecule has 0 aliphatic rings. The maximum atomic E-state index is 12.6. The van der Waals surface area contributed by atoms with Crippen molar-refractivity contribution in [1.82, 2.24) is 4.37 Å². The van der Waals surface area contributed by atoms with Gasteiger partial charge in [0.1, 0.15) is 6.10 Å². The average molecular weight is 515 g/mol. The zero-order valence-electron chi connectivity index (χ0n) is 21.3. The summed E-state index contributed by atoms with van der Waals surface area (Å²) >= 11 is 1.32. The number of carboxylic acid groups (broad SMARTS) is 1. The molecule has 0 fully saturated rings. The number of hydrogen-bond acceptors (Lipinski definition) is 5. The molecule has 190 valence electrons. The van der Waals surface area contributed by atoms with Crippen LogP contribution in [0.15, 0.2) is 78.9 Å². The van der Waals surface area contributed by atoms with Crippen LogP contribution in [0.3, 0.4) is 0 Å². The van der Waals surface area contributed by atoms with Crippen LogP contribution in [0.2, 0.25) is 0 Å². The molecule has 4 aromatic rings. The normalized spacial score (nSPS) is 12.7. The highest BCUT2D eigenvalue weighted by Crippen LogP contribution is 2.36. The maximum absolute atomic E-state index is 12.6. The van der Waals surface area contributed by atoms with Crippen molar-refractivity contribution in [3.8, 4) is 21.6 Å². The summed E-state index contributed by atoms with van der Waals surface area (Å²) in [5.41, 5.74) is 6.03. The number of carboxylic acids is 1. The van der Waals surface area contributed by atoms with Gasteiger partial charge in [-0.2, -0.15) is 4.37 Å². The second-order valence-electron chi connectivity index (χ2n) is 9.31. The third-order valence-corrected chi connectivity index (χ3v) is 7.31. The number of benzene rings is 3. The van der Waals surface area contributed by atoms with Gasteiger partial charge in [-0.15, -0.1) is 0 Å². The molecule has 1 aromatic heterocycles. The molecule has 1 amide bonds. The Balaban J connectivity index is 1.49. The number of aliphatic carboxylic acids is 1. The van der Waals surface area contributed by atoms with Crippen LogP contribution >= 0.6 is 11.5 Å². The largest absolute Gasteiger partial charge is 0.481 e. The summed E-state index contributed by atoms with van der Waals surface area (Å²) in [6.45, 7) is 7.52. The zero-order valence-corrected chi connectivity index (χ0v) is 22.1. The van der Waals surface area contributed by atoms with Crippen LogP contribution in [0, 0.1) is 12.8 Å². The van der Waals surface area contributed by atoms with Gasteiger partial charge in [0.2, 0.25) is 0 Å². The predicted molar refractivity (Wildman–Crippen MR) is 148 cm³/mol. The number of carbonyl (C=O) groups is 2. The second-order valence-corrected chi connectivity index (χ2v) is 10.1. The minimum atomic E-state index is -0.810. The molecule has 0 aliphatic heterocycles. The van der Waals surface area contributed by atoms with Crippen LogP contribution in [-0.4, -0.2) is 21.5 Å². The number of aromatic nitrogens is 1. The number of amides is 1. The molecule has 0 unspecified atom stereocenters. The lowest BCUT2D eigenvalue weighted by atomic mass is 9.87. The fourth-order valence-corrected chi connectivity index (χ4v) is 5.16. The average Bonchev–Trinajstić information content (AvgIpc) is 3.24. The van der Waals surface area contributed by atoms with Crippen molar-refractivity contribution in [3.63, 3.8) is 0 Å². The molecular formula is C30H30N2O4S. The summed E-state index contributed by atoms with van der Waals surface area (Å²) < 4.78 is 10.0. The number of ether oxygens (including phenoxy) is 1. The highest BCUT2D eigenvalue weighted by molar-refractivity contribution is 7.10. The molecule has 6 nitrogen and oxygen atoms in total. The summed E-state index contributed by atoms with van der Waals surface area (Å²) in [4.78, 5) is 25.1. The van der Waals surface area contributed by atoms with Gasteiger partial charge in [0.05, 0.1) is 22.2 Å². The van der Waals surface area contributed by atoms with Crippen molar-refractivity contribution >= 4 is 29.3 Å². The smallest absolute Gasteiger partial charge is 0.412 e. The number of nitrogens with one attached hydrogen (secondary N) is 1. The fraction of sp³-hybridized carbons (Fsp3) is 0.233. The maximum Gasteiger partial charge on any atom is 0.412 e. The van der Waals surface area contributed by atoms with E-state index in [9.17, 15) is 14.7 Å². The van der Waals surface area contributed by atoms with Crippen molar-refractivity contribution in [2.45, 2.75) is 39.7 Å². The molecule has 0 spiro atoms. The standard InChI is InChI=1S/C30H30N2O4S/c1-18(2)26(29(33)34)24-14-10-22(11-15-24)23-12-16-25(17-13-23)28-27(19(3)32-37-28)31-30(35)36-20(4)21-8-6-5-7-9-21/h5-18,20,26H,1-4H3,(H,31,35)(H,33,34)/t20-,26+/m1/s1. The van der Waals surface area contributed by atoms with Gasteiger partial charge < -0.3 is 9.84 Å². The van der Waals surface area contributed by atoms with E-state index in [0.717, 1.165) is 38.4 Å². The van der Waals surface area contributed by atoms with E-state index in [1.54, 1.807) is 0 Å². The van der Waals surface area contributed by atoms with Gasteiger partial charge >= 0.3 is 12.1 Å². The second kappa shape index (κ2) is 11.4. The van der Waals surface area contributed by atoms with Crippen LogP contribution in [-0.2, 0) is 9.53 Å². The Morgan fingerprint density at radius 2 is 1.41 bits per heavy atom. The molecule has 0 aliphatic carbocycles. The van der Waals surface area contributed by atoms with Gasteiger partial charge in [0.25, 0.3) is 0 Å². The highest BCUT2D eigenvalue weighted by atomic mass is 32.1. The van der Waals surface area contributed by atoms with E-state index in [-0.39, 0.29) is 12.0 Å². The van der Waals surface area contributed by atoms with Gasteiger partial charge in [-0.3, -0.25) is 10.1 Å². The summed E-state index contributed by atoms with van der Waals surface area (Å²) in [6.07, 6.45) is -0.910. The molecule has 0 saturated carbocycles. The molecule has 7 heteroatoms. The fourth-order valence-electron chi connectivity index (χ4n) is 4.31. The van der Waals surface area contributed by atoms with Crippen molar-refractivity contribution in [1.29, 1.82) is 0 Å². The first kappa shape index (κ1) is 26.1. The zero-order chi connectivity index (χ0) is 26.5. The molecule has 3 aromatic carbocycles. The number of anilines is 1. The topological polar surface area (TPSA) is 88.5 Å². The first-order chi connectivity index (χ1) is 17.7. The molecule has 37 heavy (non-hydrogen) atoms. The van der Waals surface area contributed by atoms with Crippen LogP contribution < -0.4 is 5.32 Å². The van der Waals surface area contributed by atoms with E-state index in [4.69, 9.17) is 4.74 Å². The Morgan fingerprint density at radius 3 is 1.97 bits per heavy atom. The van der Waals surface area contributed by atoms with E-state index in [0.29, 0.717) is 5.69 Å². The summed E-state index contributed by atoms with van der Waals surface area (Å²) in [5, 5.41) is 12.4. The Kier molecular flexibility index (Phi) is 8.04. The van der Waals surface area contributed by atoms with Gasteiger partial charge in [0, 0.05) is 0 Å². The van der Waals surface area contributed by atoms with Crippen molar-refractivity contribution in [3.05, 3.63) is 95.7 Å². The molecule has 2 N–H and O–H groups in total. The SMILES string of the molecule is Cc1nsc(-c2ccc(-c3ccc([C@@H](C(=O)O)C(C)C)cc3)cc2)c1NC(=O)O[C@H](C)c1ccccc1. The minimum Gasteiger partial charge on any atom is -0.481 e. The van der Waals surface area contributed by atoms with Gasteiger partial charge in [0.15, 0.2) is 0 Å². The molecular weight excluding hydrogens is 484 g/mol. The molecule has 0 bridgehead atoms. The van der Waals surface area contributed by atoms with Crippen LogP contribution in [0.4, 0.5) is 10.5 Å². The lowest BCUT2D eigenvalue weighted by molar-refractivity contribution is -0.139. The lowest BCUT2D eigenvalue weighted by Gasteiger charge is -2.17. The van der Waals surface area contributed by atoms with Crippen LogP contribution in [0.1, 0.15) is 49.6 Å². The molecule has 1 heterocycles. The highest BCUT2D eigenvalue weighted by Gasteiger charge is 2.23. The van der Waals surface area contributed by atoms with E-state index in [1.165, 1.54) is 11.5 Å². The van der Waals surface area contributed by atoms with E-state index >= 15 is 0 Å². The number of carbonyl (C=O) groups excluding carboxylic acids is 1. The predicted octanol–water partition coefficient (Wildman–Crippen LogP) is 7.92. The first-order valence-electron chi connectivity index (χ1n) is 12.2. The van der Waals surface area contributed by atoms with Crippen molar-refractivity contribution < 1.29 is 19.4 Å². The first-order valence-corrected chi connectivity index (χ1v) is 12.9. The number of hydrogen-bond donors (Lipinski definition) is 2. The van der Waals surface area contributed by atoms with Gasteiger partial charge in [-0.25, -0.2) is 4.79 Å². The van der Waals surface area contributed by atoms with E-state index in [2.05, 4.69) is 9.69 Å². The molecule has 0 radical (unpaired) electrons. The quantitative estimate of drug-likeness (QED) is 0.249. The third kappa shape index (κ3) is 6.06. The van der Waals surface area contributed by atoms with Crippen molar-refractivity contribution in [2.75, 3.05) is 5.32 Å². The minimum absolute atomic E-state index is 0.00660. The van der Waals surface area contributed by atoms with E-state index in [1.807, 2.05) is 107 Å². The Morgan fingerprint density at radius 1 is 0.838 bits per heavy atom. The van der Waals surface area contributed by atoms with Crippen molar-refractivity contribution in [2.24, 2.45) is 5.92 Å². The van der Waals surface area contributed by atoms with Gasteiger partial charge in [-0.05, 0) is 59.1 Å². The number of nitrogens with zero attached hydrogens (tertiary/aromatic N) is 1. The Bertz CT molecular complexity index is 1360. The van der Waals surface area contributed by atoms with Crippen LogP contribution in [0.25, 0.3) is 21.6 Å². The Labute approximate surface area is 221 Å². The molecule has 0 saturated heterocycles. The Hall–Kier alpha value is -3.97. The number of rotatable bonds is 8. The molecule has 2 atom stereocenters. The summed E-state index contributed by atoms with van der Waals surface area (Å²) in [6, 6.07) is 25.3. The lowest BCUT2D eigenvalue weighted by Crippen LogP contribution is -2.17. The van der Waals surface area contributed by atoms with Gasteiger partial charge in [-0.1, -0.05) is 92.7 Å². The summed E-state index contributed by atoms with van der Waals surface area (Å²) in [5.74, 6) is -1.33. The monoisotopic (exact) mass is 514 g/mol. The van der Waals surface area contributed by atoms with E-state index < -0.39 is 18.0 Å². The third-order valence-electron chi connectivity index (χ3n) is 6.33.